The molecule has 2 aromatic rings. The topological polar surface area (TPSA) is 55.8 Å². The predicted octanol–water partition coefficient (Wildman–Crippen LogP) is 4.31. The van der Waals surface area contributed by atoms with Gasteiger partial charge in [-0.05, 0) is 30.9 Å². The van der Waals surface area contributed by atoms with Gasteiger partial charge in [0.25, 0.3) is 0 Å². The van der Waals surface area contributed by atoms with Gasteiger partial charge in [-0.2, -0.15) is 0 Å². The van der Waals surface area contributed by atoms with E-state index in [-0.39, 0.29) is 11.9 Å². The van der Waals surface area contributed by atoms with Crippen LogP contribution in [0.3, 0.4) is 0 Å². The number of hydrogen-bond donors (Lipinski definition) is 1. The third-order valence-corrected chi connectivity index (χ3v) is 5.04. The van der Waals surface area contributed by atoms with Crippen molar-refractivity contribution in [3.8, 4) is 5.75 Å². The second kappa shape index (κ2) is 6.40. The maximum Gasteiger partial charge on any atom is 0.335 e. The molecule has 20 heavy (non-hydrogen) atoms. The summed E-state index contributed by atoms with van der Waals surface area (Å²) in [5.74, 6) is 0.215. The van der Waals surface area contributed by atoms with E-state index < -0.39 is 7.60 Å². The summed E-state index contributed by atoms with van der Waals surface area (Å²) in [5, 5.41) is 11.5. The van der Waals surface area contributed by atoms with Crippen LogP contribution in [0, 0.1) is 0 Å². The molecule has 0 spiro atoms. The fourth-order valence-corrected chi connectivity index (χ4v) is 3.96. The molecule has 0 saturated heterocycles. The van der Waals surface area contributed by atoms with Crippen molar-refractivity contribution >= 4 is 18.4 Å². The molecule has 0 aliphatic rings. The van der Waals surface area contributed by atoms with Crippen LogP contribution < -0.4 is 0 Å². The highest BCUT2D eigenvalue weighted by atomic mass is 31.2. The van der Waals surface area contributed by atoms with Crippen LogP contribution in [0.1, 0.15) is 19.4 Å². The monoisotopic (exact) mass is 294 g/mol. The van der Waals surface area contributed by atoms with Gasteiger partial charge in [0.15, 0.2) is 0 Å². The quantitative estimate of drug-likeness (QED) is 0.806. The van der Waals surface area contributed by atoms with E-state index in [1.54, 1.807) is 26.0 Å². The van der Waals surface area contributed by atoms with Crippen LogP contribution >= 0.6 is 7.60 Å². The summed E-state index contributed by atoms with van der Waals surface area (Å²) in [6.45, 7) is 4.27. The van der Waals surface area contributed by atoms with Crippen LogP contribution in [0.25, 0.3) is 10.8 Å². The van der Waals surface area contributed by atoms with Crippen molar-refractivity contribution in [1.82, 2.24) is 0 Å². The fraction of sp³-hybridized carbons (Fsp3) is 0.333. The maximum atomic E-state index is 12.6. The molecule has 0 heterocycles. The largest absolute Gasteiger partial charge is 0.507 e. The Morgan fingerprint density at radius 3 is 2.25 bits per heavy atom. The Hall–Kier alpha value is -1.35. The van der Waals surface area contributed by atoms with Crippen molar-refractivity contribution in [2.75, 3.05) is 13.2 Å². The van der Waals surface area contributed by atoms with Gasteiger partial charge in [-0.15, -0.1) is 0 Å². The number of benzene rings is 2. The van der Waals surface area contributed by atoms with Crippen molar-refractivity contribution in [2.24, 2.45) is 0 Å². The second-order valence-electron chi connectivity index (χ2n) is 4.39. The molecule has 2 aromatic carbocycles. The van der Waals surface area contributed by atoms with E-state index in [1.165, 1.54) is 0 Å². The Morgan fingerprint density at radius 2 is 1.60 bits per heavy atom. The van der Waals surface area contributed by atoms with Gasteiger partial charge in [0.05, 0.1) is 19.4 Å². The summed E-state index contributed by atoms with van der Waals surface area (Å²) in [5.41, 5.74) is 0.851. The first-order valence-electron chi connectivity index (χ1n) is 6.67. The lowest BCUT2D eigenvalue weighted by Gasteiger charge is -2.18. The zero-order valence-corrected chi connectivity index (χ0v) is 12.6. The first kappa shape index (κ1) is 15.0. The molecule has 108 valence electrons. The molecule has 0 fully saturated rings. The number of rotatable bonds is 6. The van der Waals surface area contributed by atoms with E-state index >= 15 is 0 Å². The van der Waals surface area contributed by atoms with Crippen LogP contribution in [0.2, 0.25) is 0 Å². The van der Waals surface area contributed by atoms with Gasteiger partial charge in [0, 0.05) is 5.39 Å². The lowest BCUT2D eigenvalue weighted by Crippen LogP contribution is -1.99. The van der Waals surface area contributed by atoms with Crippen LogP contribution in [0.15, 0.2) is 36.4 Å². The summed E-state index contributed by atoms with van der Waals surface area (Å²) in [7, 11) is -3.14. The zero-order valence-electron chi connectivity index (χ0n) is 11.7. The molecular formula is C15H19O4P. The summed E-state index contributed by atoms with van der Waals surface area (Å²) < 4.78 is 23.3. The smallest absolute Gasteiger partial charge is 0.335 e. The second-order valence-corrected chi connectivity index (χ2v) is 6.45. The maximum absolute atomic E-state index is 12.6. The summed E-state index contributed by atoms with van der Waals surface area (Å²) >= 11 is 0. The first-order chi connectivity index (χ1) is 9.59. The predicted molar refractivity (Wildman–Crippen MR) is 80.2 cm³/mol. The fourth-order valence-electron chi connectivity index (χ4n) is 2.23. The van der Waals surface area contributed by atoms with E-state index in [0.717, 1.165) is 16.3 Å². The molecular weight excluding hydrogens is 275 g/mol. The molecule has 0 radical (unpaired) electrons. The number of aromatic hydroxyl groups is 1. The van der Waals surface area contributed by atoms with Crippen molar-refractivity contribution in [3.05, 3.63) is 42.0 Å². The van der Waals surface area contributed by atoms with Gasteiger partial charge in [0.2, 0.25) is 0 Å². The molecule has 0 aromatic heterocycles. The van der Waals surface area contributed by atoms with E-state index in [0.29, 0.717) is 13.2 Å². The van der Waals surface area contributed by atoms with Crippen molar-refractivity contribution in [3.63, 3.8) is 0 Å². The standard InChI is InChI=1S/C15H19O4P/c1-3-18-20(17,19-4-2)11-12-7-5-9-14-13(12)8-6-10-15(14)16/h5-10,16H,3-4,11H2,1-2H3. The Morgan fingerprint density at radius 1 is 1.00 bits per heavy atom. The van der Waals surface area contributed by atoms with E-state index in [1.807, 2.05) is 24.3 Å². The molecule has 2 rings (SSSR count). The normalized spacial score (nSPS) is 11.9. The molecule has 1 N–H and O–H groups in total. The van der Waals surface area contributed by atoms with Gasteiger partial charge < -0.3 is 14.2 Å². The molecule has 0 aliphatic carbocycles. The van der Waals surface area contributed by atoms with Crippen LogP contribution in [-0.4, -0.2) is 18.3 Å². The third-order valence-electron chi connectivity index (χ3n) is 3.00. The molecule has 0 unspecified atom stereocenters. The number of hydrogen-bond acceptors (Lipinski definition) is 4. The van der Waals surface area contributed by atoms with Gasteiger partial charge >= 0.3 is 7.60 Å². The first-order valence-corrected chi connectivity index (χ1v) is 8.40. The van der Waals surface area contributed by atoms with E-state index in [4.69, 9.17) is 9.05 Å². The van der Waals surface area contributed by atoms with Crippen molar-refractivity contribution in [1.29, 1.82) is 0 Å². The minimum atomic E-state index is -3.14. The van der Waals surface area contributed by atoms with Gasteiger partial charge in [-0.3, -0.25) is 4.57 Å². The molecule has 0 saturated carbocycles. The van der Waals surface area contributed by atoms with E-state index in [9.17, 15) is 9.67 Å². The summed E-state index contributed by atoms with van der Waals surface area (Å²) in [6.07, 6.45) is 0.204. The minimum absolute atomic E-state index is 0.204. The van der Waals surface area contributed by atoms with Crippen molar-refractivity contribution in [2.45, 2.75) is 20.0 Å². The van der Waals surface area contributed by atoms with Gasteiger partial charge in [-0.25, -0.2) is 0 Å². The number of fused-ring (bicyclic) bond motifs is 1. The average molecular weight is 294 g/mol. The molecule has 0 amide bonds. The lowest BCUT2D eigenvalue weighted by molar-refractivity contribution is 0.219. The zero-order chi connectivity index (χ0) is 14.6. The highest BCUT2D eigenvalue weighted by Crippen LogP contribution is 2.52. The van der Waals surface area contributed by atoms with Gasteiger partial charge in [-0.1, -0.05) is 30.3 Å². The molecule has 5 heteroatoms. The Labute approximate surface area is 118 Å². The molecule has 0 atom stereocenters. The Bertz CT molecular complexity index is 629. The molecule has 0 aliphatic heterocycles. The highest BCUT2D eigenvalue weighted by Gasteiger charge is 2.25. The molecule has 0 bridgehead atoms. The van der Waals surface area contributed by atoms with Crippen LogP contribution in [0.5, 0.6) is 5.75 Å². The number of phenols is 1. The Kier molecular flexibility index (Phi) is 4.81. The summed E-state index contributed by atoms with van der Waals surface area (Å²) in [6, 6.07) is 10.9. The minimum Gasteiger partial charge on any atom is -0.507 e. The lowest BCUT2D eigenvalue weighted by atomic mass is 10.1. The SMILES string of the molecule is CCOP(=O)(Cc1cccc2c(O)cccc12)OCC. The van der Waals surface area contributed by atoms with Crippen LogP contribution in [0.4, 0.5) is 0 Å². The highest BCUT2D eigenvalue weighted by molar-refractivity contribution is 7.53. The average Bonchev–Trinajstić information content (AvgIpc) is 2.40. The van der Waals surface area contributed by atoms with Crippen LogP contribution in [-0.2, 0) is 19.8 Å². The van der Waals surface area contributed by atoms with Gasteiger partial charge in [0.1, 0.15) is 5.75 Å². The van der Waals surface area contributed by atoms with Crippen molar-refractivity contribution < 1.29 is 18.7 Å². The van der Waals surface area contributed by atoms with E-state index in [2.05, 4.69) is 0 Å². The number of phenolic OH excluding ortho intramolecular Hbond substituents is 1. The third kappa shape index (κ3) is 3.21. The Balaban J connectivity index is 2.43. The molecule has 4 nitrogen and oxygen atoms in total. The summed E-state index contributed by atoms with van der Waals surface area (Å²) in [4.78, 5) is 0.